The van der Waals surface area contributed by atoms with Crippen LogP contribution in [0.25, 0.3) is 20.7 Å². The Morgan fingerprint density at radius 1 is 0.500 bits per heavy atom. The maximum absolute atomic E-state index is 11.0. The van der Waals surface area contributed by atoms with Gasteiger partial charge in [0.1, 0.15) is 20.2 Å². The van der Waals surface area contributed by atoms with Crippen molar-refractivity contribution >= 4 is 42.4 Å². The Balaban J connectivity index is 0.000000210. The second kappa shape index (κ2) is 11.6. The fraction of sp³-hybridized carbons (Fsp3) is 0. The van der Waals surface area contributed by atoms with Gasteiger partial charge in [-0.05, 0) is 12.1 Å². The lowest BCUT2D eigenvalue weighted by atomic mass is 10.1. The van der Waals surface area contributed by atoms with E-state index < -0.39 is 30.0 Å². The van der Waals surface area contributed by atoms with E-state index in [1.807, 2.05) is 36.4 Å². The van der Waals surface area contributed by atoms with Gasteiger partial charge >= 0.3 is 11.4 Å². The molecule has 4 rings (SSSR count). The first-order chi connectivity index (χ1) is 16.1. The van der Waals surface area contributed by atoms with Crippen LogP contribution >= 0.6 is 0 Å². The molecule has 10 nitrogen and oxygen atoms in total. The van der Waals surface area contributed by atoms with Gasteiger partial charge in [-0.15, -0.1) is 0 Å². The third-order valence-electron chi connectivity index (χ3n) is 4.12. The molecule has 12 heteroatoms. The van der Waals surface area contributed by atoms with Gasteiger partial charge in [-0.25, -0.2) is 16.8 Å². The molecular weight excluding hydrogens is 480 g/mol. The van der Waals surface area contributed by atoms with E-state index in [9.17, 15) is 25.9 Å². The third-order valence-corrected chi connectivity index (χ3v) is 5.91. The molecule has 0 bridgehead atoms. The molecule has 4 aromatic rings. The SMILES string of the molecule is N#[N+]c1ccccc1.N#[N+]c1ccccc1.O=S(=O)([O-])c1cccc2c(S(=O)(=O)[O-])cccc12. The van der Waals surface area contributed by atoms with Crippen LogP contribution in [0, 0.1) is 10.8 Å². The molecule has 0 heterocycles. The zero-order chi connectivity index (χ0) is 25.2. The summed E-state index contributed by atoms with van der Waals surface area (Å²) in [4.78, 5) is 4.84. The first-order valence-corrected chi connectivity index (χ1v) is 12.1. The van der Waals surface area contributed by atoms with E-state index in [1.165, 1.54) is 24.3 Å². The summed E-state index contributed by atoms with van der Waals surface area (Å²) in [7, 11) is -9.48. The smallest absolute Gasteiger partial charge is 0.385 e. The van der Waals surface area contributed by atoms with Gasteiger partial charge in [0, 0.05) is 35.0 Å². The van der Waals surface area contributed by atoms with Gasteiger partial charge in [0.15, 0.2) is 9.95 Å². The van der Waals surface area contributed by atoms with Gasteiger partial charge in [0.2, 0.25) is 10.8 Å². The number of diazo groups is 2. The van der Waals surface area contributed by atoms with Crippen LogP contribution in [0.1, 0.15) is 0 Å². The van der Waals surface area contributed by atoms with Crippen LogP contribution in [0.3, 0.4) is 0 Å². The molecule has 0 unspecified atom stereocenters. The normalized spacial score (nSPS) is 10.5. The zero-order valence-electron chi connectivity index (χ0n) is 17.3. The van der Waals surface area contributed by atoms with Crippen LogP contribution in [-0.4, -0.2) is 25.9 Å². The maximum Gasteiger partial charge on any atom is 0.385 e. The Kier molecular flexibility index (Phi) is 8.89. The molecule has 0 aromatic heterocycles. The molecule has 34 heavy (non-hydrogen) atoms. The minimum Gasteiger partial charge on any atom is -0.744 e. The molecule has 0 saturated carbocycles. The van der Waals surface area contributed by atoms with Gasteiger partial charge in [-0.3, -0.25) is 0 Å². The van der Waals surface area contributed by atoms with Crippen molar-refractivity contribution < 1.29 is 25.9 Å². The fourth-order valence-electron chi connectivity index (χ4n) is 2.68. The molecular formula is C22H16N4O6S2. The topological polar surface area (TPSA) is 171 Å². The summed E-state index contributed by atoms with van der Waals surface area (Å²) in [6, 6.07) is 25.0. The largest absolute Gasteiger partial charge is 0.744 e. The maximum atomic E-state index is 11.0. The van der Waals surface area contributed by atoms with E-state index in [1.54, 1.807) is 24.3 Å². The minimum atomic E-state index is -4.74. The number of nitrogens with zero attached hydrogens (tertiary/aromatic N) is 4. The van der Waals surface area contributed by atoms with Crippen molar-refractivity contribution in [3.05, 3.63) is 107 Å². The highest BCUT2D eigenvalue weighted by molar-refractivity contribution is 7.86. The van der Waals surface area contributed by atoms with Gasteiger partial charge in [-0.1, -0.05) is 60.7 Å². The summed E-state index contributed by atoms with van der Waals surface area (Å²) in [6.07, 6.45) is 0. The average molecular weight is 497 g/mol. The van der Waals surface area contributed by atoms with Gasteiger partial charge < -0.3 is 9.11 Å². The van der Waals surface area contributed by atoms with Crippen LogP contribution in [-0.2, 0) is 20.2 Å². The molecule has 0 atom stereocenters. The highest BCUT2D eigenvalue weighted by Crippen LogP contribution is 2.27. The van der Waals surface area contributed by atoms with E-state index in [0.29, 0.717) is 11.4 Å². The number of benzene rings is 4. The Hall–Kier alpha value is -4.20. The third kappa shape index (κ3) is 7.44. The van der Waals surface area contributed by atoms with Gasteiger partial charge in [-0.2, -0.15) is 0 Å². The number of rotatable bonds is 2. The lowest BCUT2D eigenvalue weighted by Crippen LogP contribution is -2.03. The summed E-state index contributed by atoms with van der Waals surface area (Å²) in [5.74, 6) is 0. The van der Waals surface area contributed by atoms with Crippen molar-refractivity contribution in [2.45, 2.75) is 9.79 Å². The average Bonchev–Trinajstić information content (AvgIpc) is 2.84. The van der Waals surface area contributed by atoms with E-state index >= 15 is 0 Å². The lowest BCUT2D eigenvalue weighted by Gasteiger charge is -2.14. The highest BCUT2D eigenvalue weighted by Gasteiger charge is 2.12. The summed E-state index contributed by atoms with van der Waals surface area (Å²) in [6.45, 7) is 0. The highest BCUT2D eigenvalue weighted by atomic mass is 32.2. The molecule has 172 valence electrons. The number of fused-ring (bicyclic) bond motifs is 1. The summed E-state index contributed by atoms with van der Waals surface area (Å²) < 4.78 is 66.1. The lowest BCUT2D eigenvalue weighted by molar-refractivity contribution is 0.461. The molecule has 0 aliphatic rings. The summed E-state index contributed by atoms with van der Waals surface area (Å²) >= 11 is 0. The zero-order valence-corrected chi connectivity index (χ0v) is 18.9. The van der Waals surface area contributed by atoms with Crippen LogP contribution in [0.15, 0.2) is 107 Å². The first-order valence-electron chi connectivity index (χ1n) is 9.31. The molecule has 0 aliphatic carbocycles. The number of hydrogen-bond acceptors (Lipinski definition) is 8. The van der Waals surface area contributed by atoms with Crippen LogP contribution in [0.4, 0.5) is 11.4 Å². The van der Waals surface area contributed by atoms with Crippen LogP contribution in [0.2, 0.25) is 0 Å². The summed E-state index contributed by atoms with van der Waals surface area (Å²) in [5, 5.41) is 16.2. The van der Waals surface area contributed by atoms with E-state index in [-0.39, 0.29) is 10.8 Å². The van der Waals surface area contributed by atoms with Crippen molar-refractivity contribution in [2.75, 3.05) is 0 Å². The quantitative estimate of drug-likeness (QED) is 0.276. The number of hydrogen-bond donors (Lipinski definition) is 0. The van der Waals surface area contributed by atoms with Gasteiger partial charge in [0.05, 0.1) is 9.79 Å². The predicted molar refractivity (Wildman–Crippen MR) is 122 cm³/mol. The van der Waals surface area contributed by atoms with Crippen molar-refractivity contribution in [2.24, 2.45) is 0 Å². The Labute approximate surface area is 195 Å². The molecule has 0 saturated heterocycles. The predicted octanol–water partition coefficient (Wildman–Crippen LogP) is 4.99. The van der Waals surface area contributed by atoms with Crippen LogP contribution in [0.5, 0.6) is 0 Å². The fourth-order valence-corrected chi connectivity index (χ4v) is 4.06. The molecule has 4 aromatic carbocycles. The molecule has 0 fully saturated rings. The molecule has 0 amide bonds. The van der Waals surface area contributed by atoms with Crippen molar-refractivity contribution in [1.82, 2.24) is 0 Å². The molecule has 0 N–H and O–H groups in total. The second-order valence-electron chi connectivity index (χ2n) is 6.39. The van der Waals surface area contributed by atoms with E-state index in [0.717, 1.165) is 12.1 Å². The van der Waals surface area contributed by atoms with Crippen molar-refractivity contribution in [3.63, 3.8) is 0 Å². The van der Waals surface area contributed by atoms with Gasteiger partial charge in [0.25, 0.3) is 0 Å². The van der Waals surface area contributed by atoms with E-state index in [4.69, 9.17) is 10.8 Å². The monoisotopic (exact) mass is 496 g/mol. The molecule has 0 aliphatic heterocycles. The van der Waals surface area contributed by atoms with Crippen molar-refractivity contribution in [3.8, 4) is 0 Å². The Morgan fingerprint density at radius 2 is 0.824 bits per heavy atom. The van der Waals surface area contributed by atoms with E-state index in [2.05, 4.69) is 9.95 Å². The Bertz CT molecular complexity index is 1440. The molecule has 0 spiro atoms. The van der Waals surface area contributed by atoms with Crippen molar-refractivity contribution in [1.29, 1.82) is 10.8 Å². The molecule has 0 radical (unpaired) electrons. The minimum absolute atomic E-state index is 0.0792. The first kappa shape index (κ1) is 26.1. The Morgan fingerprint density at radius 3 is 1.06 bits per heavy atom. The summed E-state index contributed by atoms with van der Waals surface area (Å²) in [5.41, 5.74) is 1.18. The second-order valence-corrected chi connectivity index (χ2v) is 9.08. The van der Waals surface area contributed by atoms with Crippen LogP contribution < -0.4 is 0 Å². The standard InChI is InChI=1S/C10H8O6S2.2C6H5N2/c11-17(12,13)9-5-1-3-7-8(9)4-2-6-10(7)18(14,15)16;2*7-8-6-4-2-1-3-5-6/h1-6H,(H,11,12,13)(H,14,15,16);2*1-5H/q;2*+1/p-2.